The van der Waals surface area contributed by atoms with Crippen LogP contribution in [0.25, 0.3) is 0 Å². The molecule has 0 aliphatic carbocycles. The number of carbonyl (C=O) groups excluding carboxylic acids is 1. The van der Waals surface area contributed by atoms with Gasteiger partial charge in [0.25, 0.3) is 5.91 Å². The molecule has 0 saturated heterocycles. The van der Waals surface area contributed by atoms with Gasteiger partial charge in [-0.25, -0.2) is 0 Å². The van der Waals surface area contributed by atoms with Crippen molar-refractivity contribution in [3.63, 3.8) is 0 Å². The second kappa shape index (κ2) is 10.1. The average Bonchev–Trinajstić information content (AvgIpc) is 3.14. The normalized spacial score (nSPS) is 12.2. The molecule has 0 bridgehead atoms. The van der Waals surface area contributed by atoms with E-state index in [-0.39, 0.29) is 17.9 Å². The van der Waals surface area contributed by atoms with Gasteiger partial charge in [0.1, 0.15) is 0 Å². The standard InChI is InChI=1S/C23H27ClN4OS/c1-5-28-21(26-27-23(28)30-14-17-8-12-19(24)13-9-17)20(15(2)3)25-22(29)18-10-6-16(4)7-11-18/h6-13,15,20H,5,14H2,1-4H3,(H,25,29). The summed E-state index contributed by atoms with van der Waals surface area (Å²) >= 11 is 7.60. The Morgan fingerprint density at radius 2 is 1.77 bits per heavy atom. The van der Waals surface area contributed by atoms with Crippen LogP contribution in [0.15, 0.2) is 53.7 Å². The van der Waals surface area contributed by atoms with Gasteiger partial charge in [0.15, 0.2) is 11.0 Å². The first-order valence-corrected chi connectivity index (χ1v) is 11.4. The van der Waals surface area contributed by atoms with Gasteiger partial charge in [-0.2, -0.15) is 0 Å². The van der Waals surface area contributed by atoms with Crippen molar-refractivity contribution >= 4 is 29.3 Å². The lowest BCUT2D eigenvalue weighted by Crippen LogP contribution is -2.33. The molecule has 1 atom stereocenters. The zero-order chi connectivity index (χ0) is 21.7. The van der Waals surface area contributed by atoms with Crippen LogP contribution < -0.4 is 5.32 Å². The summed E-state index contributed by atoms with van der Waals surface area (Å²) in [6, 6.07) is 15.2. The predicted molar refractivity (Wildman–Crippen MR) is 123 cm³/mol. The third-order valence-corrected chi connectivity index (χ3v) is 6.18. The Hall–Kier alpha value is -2.31. The van der Waals surface area contributed by atoms with Crippen molar-refractivity contribution in [3.8, 4) is 0 Å². The number of hydrogen-bond acceptors (Lipinski definition) is 4. The number of thioether (sulfide) groups is 1. The maximum atomic E-state index is 12.8. The number of amides is 1. The summed E-state index contributed by atoms with van der Waals surface area (Å²) in [6.45, 7) is 8.96. The Labute approximate surface area is 187 Å². The number of hydrogen-bond donors (Lipinski definition) is 1. The lowest BCUT2D eigenvalue weighted by atomic mass is 10.0. The highest BCUT2D eigenvalue weighted by Gasteiger charge is 2.26. The molecular formula is C23H27ClN4OS. The van der Waals surface area contributed by atoms with E-state index in [9.17, 15) is 4.79 Å². The van der Waals surface area contributed by atoms with Crippen LogP contribution in [0.1, 0.15) is 54.1 Å². The molecule has 158 valence electrons. The number of halogens is 1. The Bertz CT molecular complexity index is 983. The monoisotopic (exact) mass is 442 g/mol. The van der Waals surface area contributed by atoms with Crippen LogP contribution in [-0.4, -0.2) is 20.7 Å². The van der Waals surface area contributed by atoms with Crippen LogP contribution >= 0.6 is 23.4 Å². The average molecular weight is 443 g/mol. The lowest BCUT2D eigenvalue weighted by molar-refractivity contribution is 0.0922. The summed E-state index contributed by atoms with van der Waals surface area (Å²) in [4.78, 5) is 12.8. The van der Waals surface area contributed by atoms with E-state index in [4.69, 9.17) is 11.6 Å². The third kappa shape index (κ3) is 5.43. The van der Waals surface area contributed by atoms with Gasteiger partial charge >= 0.3 is 0 Å². The minimum absolute atomic E-state index is 0.102. The fraction of sp³-hybridized carbons (Fsp3) is 0.348. The number of carbonyl (C=O) groups is 1. The molecule has 7 heteroatoms. The molecule has 0 spiro atoms. The van der Waals surface area contributed by atoms with Gasteiger partial charge in [0.05, 0.1) is 6.04 Å². The summed E-state index contributed by atoms with van der Waals surface area (Å²) < 4.78 is 2.08. The number of aromatic nitrogens is 3. The van der Waals surface area contributed by atoms with Crippen molar-refractivity contribution in [2.45, 2.75) is 51.2 Å². The highest BCUT2D eigenvalue weighted by Crippen LogP contribution is 2.27. The Morgan fingerprint density at radius 3 is 2.37 bits per heavy atom. The highest BCUT2D eigenvalue weighted by atomic mass is 35.5. The first-order valence-electron chi connectivity index (χ1n) is 10.1. The van der Waals surface area contributed by atoms with E-state index in [0.717, 1.165) is 33.9 Å². The molecule has 0 radical (unpaired) electrons. The number of nitrogens with one attached hydrogen (secondary N) is 1. The van der Waals surface area contributed by atoms with Gasteiger partial charge in [-0.05, 0) is 49.6 Å². The smallest absolute Gasteiger partial charge is 0.251 e. The summed E-state index contributed by atoms with van der Waals surface area (Å²) in [7, 11) is 0. The lowest BCUT2D eigenvalue weighted by Gasteiger charge is -2.22. The van der Waals surface area contributed by atoms with Crippen LogP contribution in [0.2, 0.25) is 5.02 Å². The molecule has 1 unspecified atom stereocenters. The minimum atomic E-state index is -0.226. The van der Waals surface area contributed by atoms with Crippen molar-refractivity contribution in [2.75, 3.05) is 0 Å². The van der Waals surface area contributed by atoms with Gasteiger partial charge < -0.3 is 9.88 Å². The van der Waals surface area contributed by atoms with Gasteiger partial charge in [-0.15, -0.1) is 10.2 Å². The fourth-order valence-electron chi connectivity index (χ4n) is 3.12. The Morgan fingerprint density at radius 1 is 1.10 bits per heavy atom. The fourth-order valence-corrected chi connectivity index (χ4v) is 4.21. The Balaban J connectivity index is 1.78. The maximum Gasteiger partial charge on any atom is 0.251 e. The predicted octanol–water partition coefficient (Wildman–Crippen LogP) is 5.68. The number of aryl methyl sites for hydroxylation is 1. The molecular weight excluding hydrogens is 416 g/mol. The van der Waals surface area contributed by atoms with Crippen LogP contribution in [0.3, 0.4) is 0 Å². The van der Waals surface area contributed by atoms with E-state index in [2.05, 4.69) is 40.9 Å². The molecule has 1 amide bonds. The van der Waals surface area contributed by atoms with Crippen molar-refractivity contribution in [1.29, 1.82) is 0 Å². The molecule has 1 N–H and O–H groups in total. The first-order chi connectivity index (χ1) is 14.4. The first kappa shape index (κ1) is 22.4. The second-order valence-corrected chi connectivity index (χ2v) is 8.94. The van der Waals surface area contributed by atoms with E-state index in [1.807, 2.05) is 55.5 Å². The van der Waals surface area contributed by atoms with Crippen LogP contribution in [0.4, 0.5) is 0 Å². The van der Waals surface area contributed by atoms with E-state index in [0.29, 0.717) is 5.56 Å². The Kier molecular flexibility index (Phi) is 7.56. The topological polar surface area (TPSA) is 59.8 Å². The number of benzene rings is 2. The molecule has 30 heavy (non-hydrogen) atoms. The SMILES string of the molecule is CCn1c(SCc2ccc(Cl)cc2)nnc1C(NC(=O)c1ccc(C)cc1)C(C)C. The zero-order valence-corrected chi connectivity index (χ0v) is 19.3. The summed E-state index contributed by atoms with van der Waals surface area (Å²) in [5.74, 6) is 1.63. The van der Waals surface area contributed by atoms with Crippen LogP contribution in [0, 0.1) is 12.8 Å². The summed E-state index contributed by atoms with van der Waals surface area (Å²) in [6.07, 6.45) is 0. The van der Waals surface area contributed by atoms with Crippen molar-refractivity contribution in [3.05, 3.63) is 76.1 Å². The van der Waals surface area contributed by atoms with Gasteiger partial charge in [0, 0.05) is 22.9 Å². The van der Waals surface area contributed by atoms with E-state index in [1.165, 1.54) is 5.56 Å². The minimum Gasteiger partial charge on any atom is -0.342 e. The summed E-state index contributed by atoms with van der Waals surface area (Å²) in [5, 5.41) is 13.6. The molecule has 1 heterocycles. The van der Waals surface area contributed by atoms with E-state index < -0.39 is 0 Å². The number of rotatable bonds is 8. The van der Waals surface area contributed by atoms with Gasteiger partial charge in [-0.3, -0.25) is 4.79 Å². The van der Waals surface area contributed by atoms with Crippen molar-refractivity contribution in [1.82, 2.24) is 20.1 Å². The number of nitrogens with zero attached hydrogens (tertiary/aromatic N) is 3. The maximum absolute atomic E-state index is 12.8. The van der Waals surface area contributed by atoms with Crippen LogP contribution in [0.5, 0.6) is 0 Å². The van der Waals surface area contributed by atoms with Crippen LogP contribution in [-0.2, 0) is 12.3 Å². The molecule has 0 aliphatic rings. The van der Waals surface area contributed by atoms with Crippen molar-refractivity contribution in [2.24, 2.45) is 5.92 Å². The molecule has 5 nitrogen and oxygen atoms in total. The molecule has 0 saturated carbocycles. The van der Waals surface area contributed by atoms with Gasteiger partial charge in [-0.1, -0.05) is 67.0 Å². The summed E-state index contributed by atoms with van der Waals surface area (Å²) in [5.41, 5.74) is 2.94. The largest absolute Gasteiger partial charge is 0.342 e. The molecule has 1 aromatic heterocycles. The van der Waals surface area contributed by atoms with E-state index >= 15 is 0 Å². The molecule has 0 fully saturated rings. The van der Waals surface area contributed by atoms with Gasteiger partial charge in [0.2, 0.25) is 0 Å². The third-order valence-electron chi connectivity index (χ3n) is 4.89. The quantitative estimate of drug-likeness (QED) is 0.456. The molecule has 0 aliphatic heterocycles. The van der Waals surface area contributed by atoms with Crippen molar-refractivity contribution < 1.29 is 4.79 Å². The molecule has 3 aromatic rings. The highest BCUT2D eigenvalue weighted by molar-refractivity contribution is 7.98. The zero-order valence-electron chi connectivity index (χ0n) is 17.7. The molecule has 2 aromatic carbocycles. The second-order valence-electron chi connectivity index (χ2n) is 7.56. The van der Waals surface area contributed by atoms with E-state index in [1.54, 1.807) is 11.8 Å². The molecule has 3 rings (SSSR count).